The molecule has 1 fully saturated rings. The summed E-state index contributed by atoms with van der Waals surface area (Å²) in [6, 6.07) is 7.25. The van der Waals surface area contributed by atoms with Gasteiger partial charge in [-0.3, -0.25) is 0 Å². The Morgan fingerprint density at radius 1 is 1.15 bits per heavy atom. The van der Waals surface area contributed by atoms with Gasteiger partial charge in [0.1, 0.15) is 12.2 Å². The van der Waals surface area contributed by atoms with Gasteiger partial charge in [0.25, 0.3) is 5.88 Å². The molecule has 0 aliphatic heterocycles. The summed E-state index contributed by atoms with van der Waals surface area (Å²) in [6.45, 7) is 3.68. The number of rotatable bonds is 5. The molecular weight excluding hydrogens is 364 g/mol. The van der Waals surface area contributed by atoms with Crippen LogP contribution in [0.25, 0.3) is 0 Å². The molecule has 0 unspecified atom stereocenters. The molecule has 7 nitrogen and oxygen atoms in total. The highest BCUT2D eigenvalue weighted by Gasteiger charge is 2.28. The number of aryl methyl sites for hydroxylation is 2. The van der Waals surface area contributed by atoms with Crippen molar-refractivity contribution < 1.29 is 13.2 Å². The molecule has 27 heavy (non-hydrogen) atoms. The van der Waals surface area contributed by atoms with Crippen molar-refractivity contribution in [2.24, 2.45) is 0 Å². The molecule has 1 aromatic carbocycles. The number of hydrogen-bond donors (Lipinski definition) is 1. The van der Waals surface area contributed by atoms with Gasteiger partial charge in [0.05, 0.1) is 4.90 Å². The van der Waals surface area contributed by atoms with Gasteiger partial charge in [-0.1, -0.05) is 12.1 Å². The molecule has 1 saturated carbocycles. The molecule has 0 radical (unpaired) electrons. The van der Waals surface area contributed by atoms with E-state index in [0.717, 1.165) is 11.1 Å². The molecule has 0 spiro atoms. The van der Waals surface area contributed by atoms with Crippen molar-refractivity contribution in [3.8, 4) is 11.9 Å². The molecule has 0 bridgehead atoms. The van der Waals surface area contributed by atoms with Crippen LogP contribution >= 0.6 is 0 Å². The van der Waals surface area contributed by atoms with Crippen molar-refractivity contribution in [1.82, 2.24) is 14.7 Å². The second-order valence-corrected chi connectivity index (χ2v) is 8.49. The van der Waals surface area contributed by atoms with Gasteiger partial charge in [0.2, 0.25) is 15.7 Å². The van der Waals surface area contributed by atoms with Crippen molar-refractivity contribution >= 4 is 10.0 Å². The molecule has 0 atom stereocenters. The van der Waals surface area contributed by atoms with Crippen molar-refractivity contribution in [2.75, 3.05) is 0 Å². The predicted octanol–water partition coefficient (Wildman–Crippen LogP) is 2.63. The van der Waals surface area contributed by atoms with Gasteiger partial charge >= 0.3 is 0 Å². The van der Waals surface area contributed by atoms with Crippen LogP contribution in [0.1, 0.15) is 42.5 Å². The molecular formula is C19H22N4O3S. The normalized spacial score (nSPS) is 20.0. The van der Waals surface area contributed by atoms with Crippen molar-refractivity contribution in [1.29, 1.82) is 5.26 Å². The molecule has 1 aliphatic carbocycles. The Morgan fingerprint density at radius 3 is 2.56 bits per heavy atom. The minimum Gasteiger partial charge on any atom is -0.472 e. The van der Waals surface area contributed by atoms with E-state index in [-0.39, 0.29) is 23.7 Å². The zero-order chi connectivity index (χ0) is 19.4. The minimum atomic E-state index is -3.56. The average molecular weight is 386 g/mol. The van der Waals surface area contributed by atoms with Gasteiger partial charge in [-0.2, -0.15) is 5.26 Å². The van der Waals surface area contributed by atoms with Crippen molar-refractivity contribution in [3.63, 3.8) is 0 Å². The lowest BCUT2D eigenvalue weighted by Crippen LogP contribution is -2.40. The molecule has 1 aromatic heterocycles. The monoisotopic (exact) mass is 386 g/mol. The highest BCUT2D eigenvalue weighted by Crippen LogP contribution is 2.25. The SMILES string of the molecule is Cc1ccc(C)c(S(=O)(=O)NC2CCC(Oc3nccnc3C#N)CC2)c1. The third-order valence-corrected chi connectivity index (χ3v) is 6.34. The fourth-order valence-electron chi connectivity index (χ4n) is 3.22. The first kappa shape index (κ1) is 19.3. The van der Waals surface area contributed by atoms with Crippen LogP contribution < -0.4 is 9.46 Å². The smallest absolute Gasteiger partial charge is 0.251 e. The van der Waals surface area contributed by atoms with Crippen molar-refractivity contribution in [3.05, 3.63) is 47.4 Å². The van der Waals surface area contributed by atoms with Gasteiger partial charge in [-0.05, 0) is 56.7 Å². The van der Waals surface area contributed by atoms with Crippen LogP contribution in [0.15, 0.2) is 35.5 Å². The molecule has 1 aliphatic rings. The first-order valence-corrected chi connectivity index (χ1v) is 10.3. The van der Waals surface area contributed by atoms with Gasteiger partial charge < -0.3 is 4.74 Å². The summed E-state index contributed by atoms with van der Waals surface area (Å²) in [7, 11) is -3.56. The van der Waals surface area contributed by atoms with Crippen molar-refractivity contribution in [2.45, 2.75) is 56.6 Å². The van der Waals surface area contributed by atoms with Crippen LogP contribution in [0, 0.1) is 25.2 Å². The average Bonchev–Trinajstić information content (AvgIpc) is 2.65. The van der Waals surface area contributed by atoms with Gasteiger partial charge in [0.15, 0.2) is 0 Å². The van der Waals surface area contributed by atoms with E-state index < -0.39 is 10.0 Å². The number of nitrogens with zero attached hydrogens (tertiary/aromatic N) is 3. The predicted molar refractivity (Wildman–Crippen MR) is 99.7 cm³/mol. The van der Waals surface area contributed by atoms with Crippen LogP contribution in [0.5, 0.6) is 5.88 Å². The van der Waals surface area contributed by atoms with Crippen LogP contribution in [0.4, 0.5) is 0 Å². The molecule has 3 rings (SSSR count). The lowest BCUT2D eigenvalue weighted by molar-refractivity contribution is 0.137. The van der Waals surface area contributed by atoms with Gasteiger partial charge in [-0.15, -0.1) is 0 Å². The zero-order valence-corrected chi connectivity index (χ0v) is 16.2. The van der Waals surface area contributed by atoms with E-state index in [1.807, 2.05) is 25.1 Å². The van der Waals surface area contributed by atoms with Crippen LogP contribution in [-0.4, -0.2) is 30.5 Å². The summed E-state index contributed by atoms with van der Waals surface area (Å²) in [5.74, 6) is 0.236. The maximum Gasteiger partial charge on any atom is 0.251 e. The number of hydrogen-bond acceptors (Lipinski definition) is 6. The Bertz CT molecular complexity index is 961. The van der Waals surface area contributed by atoms with Gasteiger partial charge in [-0.25, -0.2) is 23.1 Å². The molecule has 8 heteroatoms. The van der Waals surface area contributed by atoms with Crippen LogP contribution in [-0.2, 0) is 10.0 Å². The fraction of sp³-hybridized carbons (Fsp3) is 0.421. The molecule has 0 amide bonds. The number of sulfonamides is 1. The maximum atomic E-state index is 12.7. The third kappa shape index (κ3) is 4.62. The van der Waals surface area contributed by atoms with E-state index in [9.17, 15) is 8.42 Å². The Labute approximate surface area is 159 Å². The third-order valence-electron chi connectivity index (χ3n) is 4.68. The Kier molecular flexibility index (Phi) is 5.73. The largest absolute Gasteiger partial charge is 0.472 e. The summed E-state index contributed by atoms with van der Waals surface area (Å²) < 4.78 is 34.1. The van der Waals surface area contributed by atoms with E-state index in [0.29, 0.717) is 30.6 Å². The lowest BCUT2D eigenvalue weighted by Gasteiger charge is -2.29. The Hall–Kier alpha value is -2.50. The summed E-state index contributed by atoms with van der Waals surface area (Å²) in [5.41, 5.74) is 1.81. The first-order valence-electron chi connectivity index (χ1n) is 8.86. The zero-order valence-electron chi connectivity index (χ0n) is 15.3. The molecule has 142 valence electrons. The summed E-state index contributed by atoms with van der Waals surface area (Å²) in [6.07, 6.45) is 5.52. The summed E-state index contributed by atoms with van der Waals surface area (Å²) >= 11 is 0. The Balaban J connectivity index is 1.61. The van der Waals surface area contributed by atoms with Gasteiger partial charge in [0, 0.05) is 18.4 Å². The highest BCUT2D eigenvalue weighted by molar-refractivity contribution is 7.89. The van der Waals surface area contributed by atoms with Crippen LogP contribution in [0.3, 0.4) is 0 Å². The summed E-state index contributed by atoms with van der Waals surface area (Å²) in [5, 5.41) is 9.06. The highest BCUT2D eigenvalue weighted by atomic mass is 32.2. The minimum absolute atomic E-state index is 0.102. The molecule has 1 N–H and O–H groups in total. The second kappa shape index (κ2) is 8.03. The number of aromatic nitrogens is 2. The number of ether oxygens (including phenoxy) is 1. The van der Waals surface area contributed by atoms with Crippen LogP contribution in [0.2, 0.25) is 0 Å². The first-order chi connectivity index (χ1) is 12.9. The summed E-state index contributed by atoms with van der Waals surface area (Å²) in [4.78, 5) is 8.33. The number of nitrogens with one attached hydrogen (secondary N) is 1. The van der Waals surface area contributed by atoms with E-state index in [2.05, 4.69) is 14.7 Å². The van der Waals surface area contributed by atoms with E-state index in [4.69, 9.17) is 10.00 Å². The molecule has 2 aromatic rings. The van der Waals surface area contributed by atoms with E-state index in [1.54, 1.807) is 13.0 Å². The fourth-order valence-corrected chi connectivity index (χ4v) is 4.86. The number of nitriles is 1. The quantitative estimate of drug-likeness (QED) is 0.847. The topological polar surface area (TPSA) is 105 Å². The lowest BCUT2D eigenvalue weighted by atomic mass is 9.94. The Morgan fingerprint density at radius 2 is 1.85 bits per heavy atom. The second-order valence-electron chi connectivity index (χ2n) is 6.80. The molecule has 0 saturated heterocycles. The maximum absolute atomic E-state index is 12.7. The van der Waals surface area contributed by atoms with E-state index in [1.165, 1.54) is 12.4 Å². The number of benzene rings is 1. The van der Waals surface area contributed by atoms with E-state index >= 15 is 0 Å². The standard InChI is InChI=1S/C19H22N4O3S/c1-13-3-4-14(2)18(11-13)27(24,25)23-15-5-7-16(8-6-15)26-19-17(12-20)21-9-10-22-19/h3-4,9-11,15-16,23H,5-8H2,1-2H3. The molecule has 1 heterocycles.